The van der Waals surface area contributed by atoms with Gasteiger partial charge in [0.25, 0.3) is 0 Å². The van der Waals surface area contributed by atoms with E-state index in [2.05, 4.69) is 10.3 Å². The molecule has 0 aliphatic heterocycles. The first-order valence-corrected chi connectivity index (χ1v) is 7.16. The van der Waals surface area contributed by atoms with Gasteiger partial charge in [0.1, 0.15) is 0 Å². The summed E-state index contributed by atoms with van der Waals surface area (Å²) in [6.07, 6.45) is 5.17. The molecule has 100 valence electrons. The minimum atomic E-state index is -0.281. The fraction of sp³-hybridized carbons (Fsp3) is 0.538. The molecule has 0 saturated heterocycles. The van der Waals surface area contributed by atoms with E-state index in [0.29, 0.717) is 12.3 Å². The summed E-state index contributed by atoms with van der Waals surface area (Å²) in [6, 6.07) is 3.78. The summed E-state index contributed by atoms with van der Waals surface area (Å²) in [4.78, 5) is 16.7. The van der Waals surface area contributed by atoms with Crippen molar-refractivity contribution >= 4 is 17.7 Å². The van der Waals surface area contributed by atoms with E-state index in [1.165, 1.54) is 11.8 Å². The Morgan fingerprint density at radius 2 is 2.00 bits per heavy atom. The molecule has 0 aliphatic carbocycles. The van der Waals surface area contributed by atoms with E-state index in [1.54, 1.807) is 12.4 Å². The zero-order chi connectivity index (χ0) is 13.4. The summed E-state index contributed by atoms with van der Waals surface area (Å²) >= 11 is 1.50. The molecule has 5 heteroatoms. The Labute approximate surface area is 113 Å². The maximum Gasteiger partial charge on any atom is 0.230 e. The molecule has 0 unspecified atom stereocenters. The quantitative estimate of drug-likeness (QED) is 0.739. The number of carbonyl (C=O) groups is 1. The number of pyridine rings is 1. The molecule has 1 rings (SSSR count). The highest BCUT2D eigenvalue weighted by atomic mass is 32.2. The topological polar surface area (TPSA) is 68.0 Å². The number of hydrogen-bond acceptors (Lipinski definition) is 4. The molecular formula is C13H21N3OS. The zero-order valence-corrected chi connectivity index (χ0v) is 11.8. The van der Waals surface area contributed by atoms with Gasteiger partial charge in [-0.05, 0) is 25.0 Å². The zero-order valence-electron chi connectivity index (χ0n) is 11.0. The van der Waals surface area contributed by atoms with Crippen LogP contribution in [0.1, 0.15) is 26.7 Å². The first-order chi connectivity index (χ1) is 8.59. The molecule has 0 aliphatic rings. The summed E-state index contributed by atoms with van der Waals surface area (Å²) < 4.78 is 0. The van der Waals surface area contributed by atoms with Gasteiger partial charge in [-0.15, -0.1) is 11.8 Å². The van der Waals surface area contributed by atoms with Crippen LogP contribution in [0.2, 0.25) is 0 Å². The number of amides is 1. The lowest BCUT2D eigenvalue weighted by Gasteiger charge is -2.26. The van der Waals surface area contributed by atoms with E-state index >= 15 is 0 Å². The molecule has 0 bridgehead atoms. The number of thioether (sulfide) groups is 1. The maximum absolute atomic E-state index is 11.7. The molecule has 1 aromatic heterocycles. The minimum Gasteiger partial charge on any atom is -0.354 e. The number of aromatic nitrogens is 1. The molecule has 0 spiro atoms. The Hall–Kier alpha value is -1.07. The number of nitrogens with zero attached hydrogens (tertiary/aromatic N) is 1. The number of nitrogens with two attached hydrogens (primary N) is 1. The molecule has 3 N–H and O–H groups in total. The van der Waals surface area contributed by atoms with Crippen molar-refractivity contribution in [2.45, 2.75) is 37.1 Å². The highest BCUT2D eigenvalue weighted by molar-refractivity contribution is 8.00. The Morgan fingerprint density at radius 3 is 2.56 bits per heavy atom. The van der Waals surface area contributed by atoms with Crippen LogP contribution in [-0.4, -0.2) is 28.7 Å². The van der Waals surface area contributed by atoms with E-state index < -0.39 is 0 Å². The van der Waals surface area contributed by atoms with Gasteiger partial charge in [0, 0.05) is 29.4 Å². The summed E-state index contributed by atoms with van der Waals surface area (Å²) in [7, 11) is 0. The van der Waals surface area contributed by atoms with Gasteiger partial charge < -0.3 is 11.1 Å². The molecular weight excluding hydrogens is 246 g/mol. The summed E-state index contributed by atoms with van der Waals surface area (Å²) in [5.41, 5.74) is 5.84. The standard InChI is InChI=1S/C13H21N3OS/c1-3-13(14,4-2)10-16-12(17)9-18-11-5-7-15-8-6-11/h5-8H,3-4,9-10,14H2,1-2H3,(H,16,17). The van der Waals surface area contributed by atoms with Crippen molar-refractivity contribution in [3.8, 4) is 0 Å². The predicted octanol–water partition coefficient (Wildman–Crippen LogP) is 1.81. The van der Waals surface area contributed by atoms with Crippen LogP contribution in [0.5, 0.6) is 0 Å². The van der Waals surface area contributed by atoms with Crippen LogP contribution < -0.4 is 11.1 Å². The van der Waals surface area contributed by atoms with Crippen LogP contribution in [0, 0.1) is 0 Å². The summed E-state index contributed by atoms with van der Waals surface area (Å²) in [5.74, 6) is 0.432. The monoisotopic (exact) mass is 267 g/mol. The lowest BCUT2D eigenvalue weighted by molar-refractivity contribution is -0.118. The fourth-order valence-electron chi connectivity index (χ4n) is 1.41. The molecule has 0 aromatic carbocycles. The van der Waals surface area contributed by atoms with Crippen molar-refractivity contribution in [1.82, 2.24) is 10.3 Å². The molecule has 1 heterocycles. The van der Waals surface area contributed by atoms with E-state index in [1.807, 2.05) is 26.0 Å². The first-order valence-electron chi connectivity index (χ1n) is 6.18. The summed E-state index contributed by atoms with van der Waals surface area (Å²) in [5, 5.41) is 2.89. The first kappa shape index (κ1) is 15.0. The molecule has 1 amide bonds. The smallest absolute Gasteiger partial charge is 0.230 e. The van der Waals surface area contributed by atoms with E-state index in [9.17, 15) is 4.79 Å². The highest BCUT2D eigenvalue weighted by Gasteiger charge is 2.20. The number of nitrogens with one attached hydrogen (secondary N) is 1. The van der Waals surface area contributed by atoms with Crippen LogP contribution in [0.15, 0.2) is 29.4 Å². The van der Waals surface area contributed by atoms with Gasteiger partial charge >= 0.3 is 0 Å². The Bertz CT molecular complexity index is 366. The van der Waals surface area contributed by atoms with Crippen LogP contribution in [0.3, 0.4) is 0 Å². The van der Waals surface area contributed by atoms with Gasteiger partial charge in [-0.2, -0.15) is 0 Å². The van der Waals surface area contributed by atoms with Crippen LogP contribution >= 0.6 is 11.8 Å². The molecule has 1 aromatic rings. The second kappa shape index (κ2) is 7.38. The van der Waals surface area contributed by atoms with Crippen LogP contribution in [0.4, 0.5) is 0 Å². The predicted molar refractivity (Wildman–Crippen MR) is 75.5 cm³/mol. The van der Waals surface area contributed by atoms with E-state index in [-0.39, 0.29) is 11.4 Å². The molecule has 0 radical (unpaired) electrons. The number of carbonyl (C=O) groups excluding carboxylic acids is 1. The SMILES string of the molecule is CCC(N)(CC)CNC(=O)CSc1ccncc1. The van der Waals surface area contributed by atoms with Gasteiger partial charge in [0.15, 0.2) is 0 Å². The lowest BCUT2D eigenvalue weighted by Crippen LogP contribution is -2.49. The number of hydrogen-bond donors (Lipinski definition) is 2. The van der Waals surface area contributed by atoms with Gasteiger partial charge in [0.2, 0.25) is 5.91 Å². The van der Waals surface area contributed by atoms with Gasteiger partial charge in [-0.3, -0.25) is 9.78 Å². The molecule has 18 heavy (non-hydrogen) atoms. The van der Waals surface area contributed by atoms with Crippen molar-refractivity contribution in [2.24, 2.45) is 5.73 Å². The Kier molecular flexibility index (Phi) is 6.15. The lowest BCUT2D eigenvalue weighted by atomic mass is 9.94. The highest BCUT2D eigenvalue weighted by Crippen LogP contribution is 2.15. The third-order valence-corrected chi connectivity index (χ3v) is 4.08. The van der Waals surface area contributed by atoms with Crippen molar-refractivity contribution < 1.29 is 4.79 Å². The van der Waals surface area contributed by atoms with Gasteiger partial charge in [-0.1, -0.05) is 13.8 Å². The third-order valence-electron chi connectivity index (χ3n) is 3.07. The molecule has 4 nitrogen and oxygen atoms in total. The number of rotatable bonds is 7. The molecule has 0 atom stereocenters. The largest absolute Gasteiger partial charge is 0.354 e. The van der Waals surface area contributed by atoms with E-state index in [4.69, 9.17) is 5.73 Å². The van der Waals surface area contributed by atoms with Crippen LogP contribution in [0.25, 0.3) is 0 Å². The van der Waals surface area contributed by atoms with Crippen molar-refractivity contribution in [2.75, 3.05) is 12.3 Å². The maximum atomic E-state index is 11.7. The molecule has 0 saturated carbocycles. The average Bonchev–Trinajstić information content (AvgIpc) is 2.43. The normalized spacial score (nSPS) is 11.3. The fourth-order valence-corrected chi connectivity index (χ4v) is 2.12. The van der Waals surface area contributed by atoms with E-state index in [0.717, 1.165) is 17.7 Å². The molecule has 0 fully saturated rings. The second-order valence-electron chi connectivity index (χ2n) is 4.32. The van der Waals surface area contributed by atoms with Gasteiger partial charge in [0.05, 0.1) is 5.75 Å². The van der Waals surface area contributed by atoms with Crippen molar-refractivity contribution in [3.63, 3.8) is 0 Å². The Balaban J connectivity index is 2.30. The Morgan fingerprint density at radius 1 is 1.39 bits per heavy atom. The second-order valence-corrected chi connectivity index (χ2v) is 5.37. The minimum absolute atomic E-state index is 0.0218. The van der Waals surface area contributed by atoms with Crippen LogP contribution in [-0.2, 0) is 4.79 Å². The van der Waals surface area contributed by atoms with Crippen molar-refractivity contribution in [3.05, 3.63) is 24.5 Å². The van der Waals surface area contributed by atoms with Crippen molar-refractivity contribution in [1.29, 1.82) is 0 Å². The summed E-state index contributed by atoms with van der Waals surface area (Å²) in [6.45, 7) is 4.62. The third kappa shape index (κ3) is 5.06. The average molecular weight is 267 g/mol. The van der Waals surface area contributed by atoms with Gasteiger partial charge in [-0.25, -0.2) is 0 Å².